The summed E-state index contributed by atoms with van der Waals surface area (Å²) in [6.45, 7) is 1.24. The van der Waals surface area contributed by atoms with E-state index in [2.05, 4.69) is 10.6 Å². The van der Waals surface area contributed by atoms with Gasteiger partial charge in [0.15, 0.2) is 5.11 Å². The first-order valence-electron chi connectivity index (χ1n) is 9.36. The van der Waals surface area contributed by atoms with E-state index in [0.29, 0.717) is 45.3 Å². The van der Waals surface area contributed by atoms with Gasteiger partial charge in [-0.2, -0.15) is 0 Å². The number of halogens is 2. The summed E-state index contributed by atoms with van der Waals surface area (Å²) in [7, 11) is 3.34. The van der Waals surface area contributed by atoms with Crippen molar-refractivity contribution in [1.29, 1.82) is 0 Å². The Hall–Kier alpha value is -2.19. The van der Waals surface area contributed by atoms with Crippen LogP contribution >= 0.6 is 35.4 Å². The number of benzene rings is 2. The molecular weight excluding hydrogens is 443 g/mol. The molecule has 0 aromatic heterocycles. The number of carbonyl (C=O) groups is 1. The van der Waals surface area contributed by atoms with Crippen LogP contribution in [0.4, 0.5) is 5.69 Å². The van der Waals surface area contributed by atoms with Gasteiger partial charge in [-0.25, -0.2) is 4.99 Å². The van der Waals surface area contributed by atoms with Crippen LogP contribution in [-0.4, -0.2) is 50.2 Å². The molecule has 1 aliphatic heterocycles. The van der Waals surface area contributed by atoms with Gasteiger partial charge in [0.25, 0.3) is 5.91 Å². The van der Waals surface area contributed by atoms with E-state index in [1.807, 2.05) is 18.2 Å². The molecule has 30 heavy (non-hydrogen) atoms. The molecule has 2 aromatic carbocycles. The summed E-state index contributed by atoms with van der Waals surface area (Å²) in [6.07, 6.45) is -0.135. The van der Waals surface area contributed by atoms with Gasteiger partial charge in [-0.05, 0) is 42.9 Å². The lowest BCUT2D eigenvalue weighted by atomic mass is 10.00. The first-order valence-corrected chi connectivity index (χ1v) is 10.5. The summed E-state index contributed by atoms with van der Waals surface area (Å²) in [5.74, 6) is -0.248. The minimum atomic E-state index is -0.921. The fourth-order valence-electron chi connectivity index (χ4n) is 3.10. The van der Waals surface area contributed by atoms with Gasteiger partial charge in [0.2, 0.25) is 6.17 Å². The number of anilines is 1. The third-order valence-corrected chi connectivity index (χ3v) is 5.43. The van der Waals surface area contributed by atoms with Crippen molar-refractivity contribution in [3.8, 4) is 0 Å². The number of ether oxygens (including phenoxy) is 1. The van der Waals surface area contributed by atoms with Gasteiger partial charge in [-0.3, -0.25) is 4.79 Å². The van der Waals surface area contributed by atoms with Crippen molar-refractivity contribution >= 4 is 57.8 Å². The number of thiocarbonyl (C=S) groups is 1. The molecule has 0 fully saturated rings. The molecule has 0 radical (unpaired) electrons. The van der Waals surface area contributed by atoms with E-state index in [4.69, 9.17) is 45.1 Å². The van der Waals surface area contributed by atoms with E-state index >= 15 is 0 Å². The standard InChI is InChI=1S/C21H22Cl2N4O2S/c1-27-17-9-8-13(22)12-15(17)18(14-6-3-4-7-16(14)23)25-19(20(27)28)26-21(30)24-10-5-11-29-2/h3-4,6-9,12,19H,5,10-11H2,1-2H3,(H2,24,26,30). The van der Waals surface area contributed by atoms with Crippen molar-refractivity contribution in [1.82, 2.24) is 10.6 Å². The van der Waals surface area contributed by atoms with Crippen molar-refractivity contribution in [2.75, 3.05) is 32.2 Å². The van der Waals surface area contributed by atoms with Gasteiger partial charge in [0.05, 0.1) is 11.4 Å². The van der Waals surface area contributed by atoms with Crippen LogP contribution in [0.3, 0.4) is 0 Å². The molecule has 1 aliphatic rings. The Morgan fingerprint density at radius 3 is 2.73 bits per heavy atom. The molecule has 2 aromatic rings. The number of amides is 1. The molecule has 158 valence electrons. The average molecular weight is 465 g/mol. The monoisotopic (exact) mass is 464 g/mol. The summed E-state index contributed by atoms with van der Waals surface area (Å²) in [6, 6.07) is 12.7. The van der Waals surface area contributed by atoms with Crippen LogP contribution in [0.2, 0.25) is 10.0 Å². The van der Waals surface area contributed by atoms with Crippen molar-refractivity contribution in [2.24, 2.45) is 4.99 Å². The highest BCUT2D eigenvalue weighted by atomic mass is 35.5. The van der Waals surface area contributed by atoms with Crippen molar-refractivity contribution in [2.45, 2.75) is 12.6 Å². The van der Waals surface area contributed by atoms with E-state index in [9.17, 15) is 4.79 Å². The molecule has 3 rings (SSSR count). The second-order valence-corrected chi connectivity index (χ2v) is 7.92. The van der Waals surface area contributed by atoms with E-state index < -0.39 is 6.17 Å². The Bertz CT molecular complexity index is 983. The van der Waals surface area contributed by atoms with Crippen molar-refractivity contribution in [3.05, 3.63) is 63.6 Å². The molecule has 6 nitrogen and oxygen atoms in total. The molecule has 0 aliphatic carbocycles. The van der Waals surface area contributed by atoms with Crippen LogP contribution in [0, 0.1) is 0 Å². The fraction of sp³-hybridized carbons (Fsp3) is 0.286. The average Bonchev–Trinajstić information content (AvgIpc) is 2.82. The number of likely N-dealkylation sites (N-methyl/N-ethyl adjacent to an activating group) is 1. The van der Waals surface area contributed by atoms with Crippen LogP contribution in [-0.2, 0) is 9.53 Å². The van der Waals surface area contributed by atoms with E-state index in [-0.39, 0.29) is 5.91 Å². The van der Waals surface area contributed by atoms with E-state index in [0.717, 1.165) is 12.0 Å². The zero-order valence-corrected chi connectivity index (χ0v) is 18.9. The van der Waals surface area contributed by atoms with Crippen LogP contribution in [0.25, 0.3) is 0 Å². The molecule has 9 heteroatoms. The summed E-state index contributed by atoms with van der Waals surface area (Å²) in [5.41, 5.74) is 2.67. The minimum absolute atomic E-state index is 0.248. The number of carbonyl (C=O) groups excluding carboxylic acids is 1. The quantitative estimate of drug-likeness (QED) is 0.504. The largest absolute Gasteiger partial charge is 0.385 e. The summed E-state index contributed by atoms with van der Waals surface area (Å²) in [5, 5.41) is 7.48. The van der Waals surface area contributed by atoms with Gasteiger partial charge >= 0.3 is 0 Å². The second-order valence-electron chi connectivity index (χ2n) is 6.67. The van der Waals surface area contributed by atoms with E-state index in [1.54, 1.807) is 43.3 Å². The number of aliphatic imine (C=N–C) groups is 1. The Morgan fingerprint density at radius 2 is 2.00 bits per heavy atom. The highest BCUT2D eigenvalue weighted by molar-refractivity contribution is 7.80. The Balaban J connectivity index is 1.99. The second kappa shape index (κ2) is 10.2. The number of nitrogens with one attached hydrogen (secondary N) is 2. The first kappa shape index (κ1) is 22.5. The number of nitrogens with zero attached hydrogens (tertiary/aromatic N) is 2. The molecule has 0 spiro atoms. The summed E-state index contributed by atoms with van der Waals surface area (Å²) < 4.78 is 5.03. The smallest absolute Gasteiger partial charge is 0.272 e. The van der Waals surface area contributed by atoms with Crippen LogP contribution in [0.1, 0.15) is 17.5 Å². The van der Waals surface area contributed by atoms with Crippen LogP contribution in [0.5, 0.6) is 0 Å². The molecule has 0 saturated heterocycles. The molecule has 1 atom stereocenters. The molecule has 1 amide bonds. The maximum atomic E-state index is 13.1. The lowest BCUT2D eigenvalue weighted by Gasteiger charge is -2.22. The highest BCUT2D eigenvalue weighted by Crippen LogP contribution is 2.31. The van der Waals surface area contributed by atoms with Gasteiger partial charge in [-0.1, -0.05) is 41.4 Å². The van der Waals surface area contributed by atoms with Crippen LogP contribution < -0.4 is 15.5 Å². The minimum Gasteiger partial charge on any atom is -0.385 e. The first-order chi connectivity index (χ1) is 14.4. The van der Waals surface area contributed by atoms with Crippen molar-refractivity contribution in [3.63, 3.8) is 0 Å². The predicted molar refractivity (Wildman–Crippen MR) is 126 cm³/mol. The predicted octanol–water partition coefficient (Wildman–Crippen LogP) is 3.63. The fourth-order valence-corrected chi connectivity index (χ4v) is 3.71. The molecule has 1 heterocycles. The maximum Gasteiger partial charge on any atom is 0.272 e. The molecule has 1 unspecified atom stereocenters. The highest BCUT2D eigenvalue weighted by Gasteiger charge is 2.31. The normalized spacial score (nSPS) is 15.9. The van der Waals surface area contributed by atoms with Gasteiger partial charge in [0, 0.05) is 48.5 Å². The number of hydrogen-bond acceptors (Lipinski definition) is 4. The number of benzodiazepines with no additional fused rings is 1. The van der Waals surface area contributed by atoms with Crippen LogP contribution in [0.15, 0.2) is 47.5 Å². The Labute approximate surface area is 191 Å². The number of fused-ring (bicyclic) bond motifs is 1. The Kier molecular flexibility index (Phi) is 7.66. The lowest BCUT2D eigenvalue weighted by Crippen LogP contribution is -2.49. The number of hydrogen-bond donors (Lipinski definition) is 2. The zero-order valence-electron chi connectivity index (χ0n) is 16.6. The zero-order chi connectivity index (χ0) is 21.7. The Morgan fingerprint density at radius 1 is 1.23 bits per heavy atom. The molecular formula is C21H22Cl2N4O2S. The molecule has 0 saturated carbocycles. The van der Waals surface area contributed by atoms with Gasteiger partial charge in [0.1, 0.15) is 0 Å². The van der Waals surface area contributed by atoms with Gasteiger partial charge < -0.3 is 20.3 Å². The maximum absolute atomic E-state index is 13.1. The lowest BCUT2D eigenvalue weighted by molar-refractivity contribution is -0.119. The SMILES string of the molecule is COCCCNC(=S)NC1N=C(c2ccccc2Cl)c2cc(Cl)ccc2N(C)C1=O. The summed E-state index contributed by atoms with van der Waals surface area (Å²) >= 11 is 18.1. The van der Waals surface area contributed by atoms with Crippen molar-refractivity contribution < 1.29 is 9.53 Å². The topological polar surface area (TPSA) is 66.0 Å². The number of rotatable bonds is 6. The molecule has 0 bridgehead atoms. The molecule has 2 N–H and O–H groups in total. The third kappa shape index (κ3) is 5.10. The summed E-state index contributed by atoms with van der Waals surface area (Å²) in [4.78, 5) is 19.4. The number of methoxy groups -OCH3 is 1. The third-order valence-electron chi connectivity index (χ3n) is 4.61. The van der Waals surface area contributed by atoms with E-state index in [1.165, 1.54) is 0 Å². The van der Waals surface area contributed by atoms with Gasteiger partial charge in [-0.15, -0.1) is 0 Å².